The van der Waals surface area contributed by atoms with Gasteiger partial charge in [0.25, 0.3) is 0 Å². The van der Waals surface area contributed by atoms with E-state index in [1.54, 1.807) is 4.52 Å². The van der Waals surface area contributed by atoms with Crippen LogP contribution in [0.2, 0.25) is 0 Å². The number of rotatable bonds is 3. The van der Waals surface area contributed by atoms with Gasteiger partial charge < -0.3 is 9.64 Å². The van der Waals surface area contributed by atoms with Gasteiger partial charge in [0.1, 0.15) is 5.01 Å². The Kier molecular flexibility index (Phi) is 3.90. The molecule has 8 heteroatoms. The van der Waals surface area contributed by atoms with Crippen LogP contribution in [0.4, 0.5) is 0 Å². The van der Waals surface area contributed by atoms with Crippen LogP contribution in [-0.2, 0) is 16.0 Å². The van der Waals surface area contributed by atoms with Crippen LogP contribution in [0, 0.1) is 6.92 Å². The lowest BCUT2D eigenvalue weighted by molar-refractivity contribution is -0.144. The minimum Gasteiger partial charge on any atom is -0.377 e. The molecule has 7 nitrogen and oxygen atoms in total. The summed E-state index contributed by atoms with van der Waals surface area (Å²) in [5.74, 6) is 0.940. The van der Waals surface area contributed by atoms with Crippen LogP contribution < -0.4 is 0 Å². The van der Waals surface area contributed by atoms with E-state index in [9.17, 15) is 4.79 Å². The lowest BCUT2D eigenvalue weighted by Gasteiger charge is -2.38. The second-order valence-corrected chi connectivity index (χ2v) is 6.51. The fourth-order valence-corrected chi connectivity index (χ4v) is 3.57. The Labute approximate surface area is 126 Å². The first-order valence-corrected chi connectivity index (χ1v) is 7.94. The molecule has 1 saturated heterocycles. The minimum atomic E-state index is 0.140. The van der Waals surface area contributed by atoms with E-state index in [4.69, 9.17) is 4.74 Å². The Morgan fingerprint density at radius 2 is 2.05 bits per heavy atom. The molecule has 2 aromatic rings. The van der Waals surface area contributed by atoms with Crippen LogP contribution in [0.5, 0.6) is 0 Å². The molecule has 0 N–H and O–H groups in total. The van der Waals surface area contributed by atoms with Crippen LogP contribution >= 0.6 is 11.3 Å². The van der Waals surface area contributed by atoms with Gasteiger partial charge in [-0.05, 0) is 20.8 Å². The van der Waals surface area contributed by atoms with Crippen LogP contribution in [0.15, 0.2) is 0 Å². The predicted octanol–water partition coefficient (Wildman–Crippen LogP) is 1.06. The number of aryl methyl sites for hydroxylation is 2. The molecule has 0 aromatic carbocycles. The molecule has 3 rings (SSSR count). The average Bonchev–Trinajstić information content (AvgIpc) is 2.99. The van der Waals surface area contributed by atoms with Crippen LogP contribution in [0.1, 0.15) is 31.1 Å². The smallest absolute Gasteiger partial charge is 0.234 e. The SMILES string of the molecule is Cc1nnc2sc(CCC(=O)N3C(C)COCC3C)nn12. The van der Waals surface area contributed by atoms with Crippen molar-refractivity contribution in [1.29, 1.82) is 0 Å². The second kappa shape index (κ2) is 5.69. The zero-order chi connectivity index (χ0) is 15.0. The van der Waals surface area contributed by atoms with Crippen molar-refractivity contribution in [3.63, 3.8) is 0 Å². The van der Waals surface area contributed by atoms with Crippen molar-refractivity contribution in [3.8, 4) is 0 Å². The van der Waals surface area contributed by atoms with E-state index in [0.717, 1.165) is 15.8 Å². The van der Waals surface area contributed by atoms with Gasteiger partial charge in [-0.3, -0.25) is 4.79 Å². The van der Waals surface area contributed by atoms with Crippen molar-refractivity contribution < 1.29 is 9.53 Å². The first kappa shape index (κ1) is 14.4. The summed E-state index contributed by atoms with van der Waals surface area (Å²) in [6, 6.07) is 0.280. The summed E-state index contributed by atoms with van der Waals surface area (Å²) in [6.45, 7) is 7.16. The first-order valence-electron chi connectivity index (χ1n) is 7.13. The van der Waals surface area contributed by atoms with E-state index < -0.39 is 0 Å². The number of nitrogens with zero attached hydrogens (tertiary/aromatic N) is 5. The number of hydrogen-bond acceptors (Lipinski definition) is 6. The predicted molar refractivity (Wildman–Crippen MR) is 78.3 cm³/mol. The fourth-order valence-electron chi connectivity index (χ4n) is 2.69. The Hall–Kier alpha value is -1.54. The van der Waals surface area contributed by atoms with E-state index in [1.807, 2.05) is 25.7 Å². The highest BCUT2D eigenvalue weighted by Crippen LogP contribution is 2.18. The normalized spacial score (nSPS) is 22.9. The number of morpholine rings is 1. The second-order valence-electron chi connectivity index (χ2n) is 5.47. The lowest BCUT2D eigenvalue weighted by Crippen LogP contribution is -2.52. The maximum Gasteiger partial charge on any atom is 0.234 e. The van der Waals surface area contributed by atoms with E-state index in [2.05, 4.69) is 15.3 Å². The Bertz CT molecular complexity index is 642. The molecule has 114 valence electrons. The number of aromatic nitrogens is 4. The summed E-state index contributed by atoms with van der Waals surface area (Å²) >= 11 is 1.49. The Morgan fingerprint density at radius 3 is 2.71 bits per heavy atom. The molecule has 2 atom stereocenters. The number of fused-ring (bicyclic) bond motifs is 1. The minimum absolute atomic E-state index is 0.140. The van der Waals surface area contributed by atoms with Crippen molar-refractivity contribution in [2.24, 2.45) is 0 Å². The average molecular weight is 309 g/mol. The highest BCUT2D eigenvalue weighted by atomic mass is 32.1. The molecule has 1 aliphatic heterocycles. The largest absolute Gasteiger partial charge is 0.377 e. The maximum absolute atomic E-state index is 12.4. The molecule has 3 heterocycles. The molecule has 21 heavy (non-hydrogen) atoms. The topological polar surface area (TPSA) is 72.6 Å². The molecule has 1 aliphatic rings. The summed E-state index contributed by atoms with van der Waals surface area (Å²) < 4.78 is 7.18. The summed E-state index contributed by atoms with van der Waals surface area (Å²) in [5.41, 5.74) is 0. The van der Waals surface area contributed by atoms with E-state index in [-0.39, 0.29) is 18.0 Å². The highest BCUT2D eigenvalue weighted by molar-refractivity contribution is 7.16. The molecule has 0 radical (unpaired) electrons. The standard InChI is InChI=1S/C13H19N5O2S/c1-8-6-20-7-9(2)17(8)12(19)5-4-11-16-18-10(3)14-15-13(18)21-11/h8-9H,4-7H2,1-3H3. The van der Waals surface area contributed by atoms with Crippen molar-refractivity contribution in [1.82, 2.24) is 24.7 Å². The molecule has 2 unspecified atom stereocenters. The molecule has 2 aromatic heterocycles. The van der Waals surface area contributed by atoms with E-state index in [1.165, 1.54) is 11.3 Å². The third-order valence-electron chi connectivity index (χ3n) is 3.70. The van der Waals surface area contributed by atoms with Crippen LogP contribution in [0.3, 0.4) is 0 Å². The summed E-state index contributed by atoms with van der Waals surface area (Å²) in [4.78, 5) is 15.1. The van der Waals surface area contributed by atoms with Gasteiger partial charge in [-0.1, -0.05) is 11.3 Å². The molecule has 1 amide bonds. The van der Waals surface area contributed by atoms with Gasteiger partial charge in [0.05, 0.1) is 25.3 Å². The van der Waals surface area contributed by atoms with Crippen molar-refractivity contribution >= 4 is 22.2 Å². The van der Waals surface area contributed by atoms with Gasteiger partial charge in [-0.15, -0.1) is 10.2 Å². The quantitative estimate of drug-likeness (QED) is 0.848. The van der Waals surface area contributed by atoms with Crippen LogP contribution in [0.25, 0.3) is 4.96 Å². The number of hydrogen-bond donors (Lipinski definition) is 0. The van der Waals surface area contributed by atoms with Gasteiger partial charge in [0, 0.05) is 12.8 Å². The third-order valence-corrected chi connectivity index (χ3v) is 4.66. The number of carbonyl (C=O) groups excluding carboxylic acids is 1. The van der Waals surface area contributed by atoms with Crippen molar-refractivity contribution in [2.75, 3.05) is 13.2 Å². The molecule has 0 bridgehead atoms. The van der Waals surface area contributed by atoms with E-state index >= 15 is 0 Å². The zero-order valence-electron chi connectivity index (χ0n) is 12.4. The Morgan fingerprint density at radius 1 is 1.33 bits per heavy atom. The summed E-state index contributed by atoms with van der Waals surface area (Å²) in [5, 5.41) is 13.4. The number of carbonyl (C=O) groups is 1. The number of ether oxygens (including phenoxy) is 1. The first-order chi connectivity index (χ1) is 10.1. The van der Waals surface area contributed by atoms with Gasteiger partial charge in [0.2, 0.25) is 10.9 Å². The van der Waals surface area contributed by atoms with Crippen molar-refractivity contribution in [2.45, 2.75) is 45.7 Å². The molecule has 1 fully saturated rings. The molecular weight excluding hydrogens is 290 g/mol. The third kappa shape index (κ3) is 2.77. The fraction of sp³-hybridized carbons (Fsp3) is 0.692. The lowest BCUT2D eigenvalue weighted by atomic mass is 10.1. The van der Waals surface area contributed by atoms with Crippen LogP contribution in [-0.4, -0.2) is 55.9 Å². The molecule has 0 spiro atoms. The zero-order valence-corrected chi connectivity index (χ0v) is 13.3. The monoisotopic (exact) mass is 309 g/mol. The maximum atomic E-state index is 12.4. The van der Waals surface area contributed by atoms with Gasteiger partial charge >= 0.3 is 0 Å². The molecule has 0 aliphatic carbocycles. The van der Waals surface area contributed by atoms with Crippen molar-refractivity contribution in [3.05, 3.63) is 10.8 Å². The summed E-state index contributed by atoms with van der Waals surface area (Å²) in [7, 11) is 0. The summed E-state index contributed by atoms with van der Waals surface area (Å²) in [6.07, 6.45) is 1.11. The highest BCUT2D eigenvalue weighted by Gasteiger charge is 2.29. The Balaban J connectivity index is 1.64. The van der Waals surface area contributed by atoms with E-state index in [0.29, 0.717) is 26.1 Å². The van der Waals surface area contributed by atoms with Gasteiger partial charge in [-0.25, -0.2) is 0 Å². The van der Waals surface area contributed by atoms with Gasteiger partial charge in [-0.2, -0.15) is 9.61 Å². The number of amides is 1. The van der Waals surface area contributed by atoms with Gasteiger partial charge in [0.15, 0.2) is 5.82 Å². The molecule has 0 saturated carbocycles. The molecular formula is C13H19N5O2S.